The van der Waals surface area contributed by atoms with Crippen molar-refractivity contribution in [2.45, 2.75) is 19.4 Å². The predicted octanol–water partition coefficient (Wildman–Crippen LogP) is 1.56. The van der Waals surface area contributed by atoms with Crippen LogP contribution < -0.4 is 9.47 Å². The van der Waals surface area contributed by atoms with Crippen molar-refractivity contribution in [1.29, 1.82) is 0 Å². The molecule has 1 N–H and O–H groups in total. The highest BCUT2D eigenvalue weighted by Gasteiger charge is 2.14. The lowest BCUT2D eigenvalue weighted by atomic mass is 10.3. The molecular formula is C8H11NO2. The second kappa shape index (κ2) is 2.49. The fourth-order valence-electron chi connectivity index (χ4n) is 1.15. The third-order valence-corrected chi connectivity index (χ3v) is 1.78. The SMILES string of the molecule is CC1CCOc2c[nH]cc2O1. The van der Waals surface area contributed by atoms with Crippen molar-refractivity contribution >= 4 is 0 Å². The highest BCUT2D eigenvalue weighted by atomic mass is 16.5. The van der Waals surface area contributed by atoms with Gasteiger partial charge in [0.1, 0.15) is 0 Å². The Morgan fingerprint density at radius 3 is 3.18 bits per heavy atom. The molecule has 0 radical (unpaired) electrons. The lowest BCUT2D eigenvalue weighted by molar-refractivity contribution is 0.209. The maximum absolute atomic E-state index is 5.54. The van der Waals surface area contributed by atoms with Crippen molar-refractivity contribution in [3.8, 4) is 11.5 Å². The summed E-state index contributed by atoms with van der Waals surface area (Å²) in [6.45, 7) is 2.79. The van der Waals surface area contributed by atoms with E-state index >= 15 is 0 Å². The average molecular weight is 153 g/mol. The zero-order chi connectivity index (χ0) is 7.68. The monoisotopic (exact) mass is 153 g/mol. The van der Waals surface area contributed by atoms with Gasteiger partial charge >= 0.3 is 0 Å². The molecule has 2 heterocycles. The summed E-state index contributed by atoms with van der Waals surface area (Å²) < 4.78 is 10.9. The van der Waals surface area contributed by atoms with Crippen LogP contribution in [0.4, 0.5) is 0 Å². The largest absolute Gasteiger partial charge is 0.488 e. The minimum Gasteiger partial charge on any atom is -0.488 e. The van der Waals surface area contributed by atoms with Crippen molar-refractivity contribution in [3.63, 3.8) is 0 Å². The van der Waals surface area contributed by atoms with Gasteiger partial charge in [0, 0.05) is 18.8 Å². The van der Waals surface area contributed by atoms with E-state index in [0.717, 1.165) is 24.5 Å². The summed E-state index contributed by atoms with van der Waals surface area (Å²) in [7, 11) is 0. The molecule has 0 saturated carbocycles. The third-order valence-electron chi connectivity index (χ3n) is 1.78. The van der Waals surface area contributed by atoms with Gasteiger partial charge in [-0.2, -0.15) is 0 Å². The minimum absolute atomic E-state index is 0.257. The van der Waals surface area contributed by atoms with Crippen LogP contribution in [0, 0.1) is 0 Å². The van der Waals surface area contributed by atoms with E-state index in [0.29, 0.717) is 0 Å². The van der Waals surface area contributed by atoms with Gasteiger partial charge in [-0.25, -0.2) is 0 Å². The van der Waals surface area contributed by atoms with Gasteiger partial charge in [-0.3, -0.25) is 0 Å². The number of H-pyrrole nitrogens is 1. The predicted molar refractivity (Wildman–Crippen MR) is 41.0 cm³/mol. The summed E-state index contributed by atoms with van der Waals surface area (Å²) in [6.07, 6.45) is 4.84. The Kier molecular flexibility index (Phi) is 1.49. The normalized spacial score (nSPS) is 22.8. The fraction of sp³-hybridized carbons (Fsp3) is 0.500. The lowest BCUT2D eigenvalue weighted by Crippen LogP contribution is -2.11. The average Bonchev–Trinajstić information content (AvgIpc) is 2.31. The van der Waals surface area contributed by atoms with Crippen LogP contribution in [0.25, 0.3) is 0 Å². The Labute approximate surface area is 65.3 Å². The summed E-state index contributed by atoms with van der Waals surface area (Å²) in [4.78, 5) is 2.94. The number of hydrogen-bond donors (Lipinski definition) is 1. The van der Waals surface area contributed by atoms with Gasteiger partial charge in [0.15, 0.2) is 11.5 Å². The number of nitrogens with one attached hydrogen (secondary N) is 1. The first-order valence-corrected chi connectivity index (χ1v) is 3.82. The van der Waals surface area contributed by atoms with Crippen LogP contribution >= 0.6 is 0 Å². The zero-order valence-electron chi connectivity index (χ0n) is 6.46. The summed E-state index contributed by atoms with van der Waals surface area (Å²) in [5, 5.41) is 0. The summed E-state index contributed by atoms with van der Waals surface area (Å²) in [6, 6.07) is 0. The maximum Gasteiger partial charge on any atom is 0.179 e. The van der Waals surface area contributed by atoms with Crippen molar-refractivity contribution < 1.29 is 9.47 Å². The van der Waals surface area contributed by atoms with Gasteiger partial charge in [0.25, 0.3) is 0 Å². The molecule has 0 fully saturated rings. The van der Waals surface area contributed by atoms with Crippen molar-refractivity contribution in [1.82, 2.24) is 4.98 Å². The zero-order valence-corrected chi connectivity index (χ0v) is 6.46. The van der Waals surface area contributed by atoms with E-state index in [9.17, 15) is 0 Å². The van der Waals surface area contributed by atoms with Gasteiger partial charge in [-0.05, 0) is 6.92 Å². The van der Waals surface area contributed by atoms with Crippen molar-refractivity contribution in [2.24, 2.45) is 0 Å². The molecule has 0 aromatic carbocycles. The van der Waals surface area contributed by atoms with Crippen LogP contribution in [0.1, 0.15) is 13.3 Å². The first-order chi connectivity index (χ1) is 5.36. The quantitative estimate of drug-likeness (QED) is 0.613. The second-order valence-electron chi connectivity index (χ2n) is 2.75. The van der Waals surface area contributed by atoms with E-state index in [-0.39, 0.29) is 6.10 Å². The summed E-state index contributed by atoms with van der Waals surface area (Å²) in [5.74, 6) is 1.66. The molecule has 0 spiro atoms. The van der Waals surface area contributed by atoms with Crippen LogP contribution in [-0.4, -0.2) is 17.7 Å². The Bertz CT molecular complexity index is 244. The molecule has 0 bridgehead atoms. The van der Waals surface area contributed by atoms with E-state index in [1.807, 2.05) is 19.3 Å². The van der Waals surface area contributed by atoms with E-state index in [2.05, 4.69) is 4.98 Å². The molecule has 0 saturated heterocycles. The van der Waals surface area contributed by atoms with E-state index in [1.54, 1.807) is 0 Å². The second-order valence-corrected chi connectivity index (χ2v) is 2.75. The van der Waals surface area contributed by atoms with E-state index in [1.165, 1.54) is 0 Å². The molecule has 1 aromatic heterocycles. The number of fused-ring (bicyclic) bond motifs is 1. The Balaban J connectivity index is 2.26. The van der Waals surface area contributed by atoms with Crippen LogP contribution in [-0.2, 0) is 0 Å². The van der Waals surface area contributed by atoms with Gasteiger partial charge in [-0.1, -0.05) is 0 Å². The topological polar surface area (TPSA) is 34.2 Å². The van der Waals surface area contributed by atoms with Gasteiger partial charge in [0.05, 0.1) is 12.7 Å². The van der Waals surface area contributed by atoms with Crippen LogP contribution in [0.5, 0.6) is 11.5 Å². The molecule has 1 atom stereocenters. The smallest absolute Gasteiger partial charge is 0.179 e. The number of aromatic amines is 1. The molecule has 3 heteroatoms. The number of ether oxygens (including phenoxy) is 2. The van der Waals surface area contributed by atoms with Gasteiger partial charge in [0.2, 0.25) is 0 Å². The molecule has 60 valence electrons. The molecule has 1 aliphatic rings. The molecule has 11 heavy (non-hydrogen) atoms. The first-order valence-electron chi connectivity index (χ1n) is 3.82. The van der Waals surface area contributed by atoms with E-state index < -0.39 is 0 Å². The summed E-state index contributed by atoms with van der Waals surface area (Å²) >= 11 is 0. The minimum atomic E-state index is 0.257. The number of rotatable bonds is 0. The van der Waals surface area contributed by atoms with Crippen LogP contribution in [0.3, 0.4) is 0 Å². The van der Waals surface area contributed by atoms with Gasteiger partial charge < -0.3 is 14.5 Å². The Hall–Kier alpha value is -1.12. The molecule has 0 amide bonds. The van der Waals surface area contributed by atoms with Crippen LogP contribution in [0.2, 0.25) is 0 Å². The molecular weight excluding hydrogens is 142 g/mol. The molecule has 1 aliphatic heterocycles. The van der Waals surface area contributed by atoms with Crippen LogP contribution in [0.15, 0.2) is 12.4 Å². The Morgan fingerprint density at radius 2 is 2.27 bits per heavy atom. The van der Waals surface area contributed by atoms with Gasteiger partial charge in [-0.15, -0.1) is 0 Å². The number of hydrogen-bond acceptors (Lipinski definition) is 2. The highest BCUT2D eigenvalue weighted by Crippen LogP contribution is 2.29. The van der Waals surface area contributed by atoms with E-state index in [4.69, 9.17) is 9.47 Å². The molecule has 1 aromatic rings. The van der Waals surface area contributed by atoms with Crippen molar-refractivity contribution in [3.05, 3.63) is 12.4 Å². The standard InChI is InChI=1S/C8H11NO2/c1-6-2-3-10-7-4-9-5-8(7)11-6/h4-6,9H,2-3H2,1H3. The number of aromatic nitrogens is 1. The lowest BCUT2D eigenvalue weighted by Gasteiger charge is -2.07. The molecule has 2 rings (SSSR count). The fourth-order valence-corrected chi connectivity index (χ4v) is 1.15. The molecule has 0 aliphatic carbocycles. The maximum atomic E-state index is 5.54. The first kappa shape index (κ1) is 6.58. The molecule has 1 unspecified atom stereocenters. The highest BCUT2D eigenvalue weighted by molar-refractivity contribution is 5.37. The summed E-state index contributed by atoms with van der Waals surface area (Å²) in [5.41, 5.74) is 0. The van der Waals surface area contributed by atoms with Crippen molar-refractivity contribution in [2.75, 3.05) is 6.61 Å². The Morgan fingerprint density at radius 1 is 1.45 bits per heavy atom. The molecule has 3 nitrogen and oxygen atoms in total. The third kappa shape index (κ3) is 1.18.